The molecule has 27 heavy (non-hydrogen) atoms. The molecule has 2 aromatic carbocycles. The van der Waals surface area contributed by atoms with Crippen molar-refractivity contribution in [2.24, 2.45) is 0 Å². The van der Waals surface area contributed by atoms with E-state index in [1.54, 1.807) is 38.0 Å². The van der Waals surface area contributed by atoms with Crippen molar-refractivity contribution in [1.82, 2.24) is 4.72 Å². The van der Waals surface area contributed by atoms with Gasteiger partial charge in [0.1, 0.15) is 5.75 Å². The largest absolute Gasteiger partial charge is 0.497 e. The van der Waals surface area contributed by atoms with E-state index in [4.69, 9.17) is 4.74 Å². The molecular formula is C20H24N2O4S. The molecule has 3 rings (SSSR count). The quantitative estimate of drug-likeness (QED) is 0.826. The molecule has 1 aliphatic rings. The van der Waals surface area contributed by atoms with Crippen molar-refractivity contribution in [3.63, 3.8) is 0 Å². The molecule has 1 saturated heterocycles. The fourth-order valence-corrected chi connectivity index (χ4v) is 4.92. The van der Waals surface area contributed by atoms with Gasteiger partial charge in [0.15, 0.2) is 0 Å². The van der Waals surface area contributed by atoms with Gasteiger partial charge in [0.25, 0.3) is 0 Å². The average Bonchev–Trinajstić information content (AvgIpc) is 3.05. The molecule has 1 N–H and O–H groups in total. The number of amides is 1. The highest BCUT2D eigenvalue weighted by molar-refractivity contribution is 7.89. The third-order valence-electron chi connectivity index (χ3n) is 4.70. The summed E-state index contributed by atoms with van der Waals surface area (Å²) in [7, 11) is -2.12. The molecule has 2 aromatic rings. The van der Waals surface area contributed by atoms with Gasteiger partial charge in [-0.2, -0.15) is 0 Å². The lowest BCUT2D eigenvalue weighted by molar-refractivity contribution is -0.117. The van der Waals surface area contributed by atoms with Crippen molar-refractivity contribution in [2.75, 3.05) is 18.6 Å². The Balaban J connectivity index is 1.79. The summed E-state index contributed by atoms with van der Waals surface area (Å²) in [5, 5.41) is 0. The van der Waals surface area contributed by atoms with E-state index >= 15 is 0 Å². The number of hydrogen-bond donors (Lipinski definition) is 1. The van der Waals surface area contributed by atoms with Crippen molar-refractivity contribution in [2.45, 2.75) is 38.1 Å². The molecule has 0 bridgehead atoms. The highest BCUT2D eigenvalue weighted by atomic mass is 32.2. The third-order valence-corrected chi connectivity index (χ3v) is 6.41. The van der Waals surface area contributed by atoms with Gasteiger partial charge >= 0.3 is 0 Å². The second-order valence-electron chi connectivity index (χ2n) is 6.73. The van der Waals surface area contributed by atoms with Gasteiger partial charge in [0.05, 0.1) is 12.0 Å². The van der Waals surface area contributed by atoms with E-state index in [1.807, 2.05) is 24.3 Å². The Kier molecular flexibility index (Phi) is 5.53. The molecule has 1 aliphatic heterocycles. The number of anilines is 1. The molecule has 0 aromatic heterocycles. The van der Waals surface area contributed by atoms with Crippen LogP contribution in [-0.2, 0) is 21.4 Å². The van der Waals surface area contributed by atoms with Crippen LogP contribution in [-0.4, -0.2) is 28.0 Å². The van der Waals surface area contributed by atoms with Crippen LogP contribution in [0.5, 0.6) is 5.75 Å². The molecule has 7 heteroatoms. The smallest absolute Gasteiger partial charge is 0.241 e. The van der Waals surface area contributed by atoms with E-state index in [2.05, 4.69) is 4.72 Å². The maximum absolute atomic E-state index is 12.8. The van der Waals surface area contributed by atoms with Crippen LogP contribution < -0.4 is 14.4 Å². The molecule has 0 spiro atoms. The molecule has 0 unspecified atom stereocenters. The van der Waals surface area contributed by atoms with Crippen molar-refractivity contribution < 1.29 is 17.9 Å². The van der Waals surface area contributed by atoms with Crippen molar-refractivity contribution in [3.05, 3.63) is 53.1 Å². The maximum atomic E-state index is 12.8. The Morgan fingerprint density at radius 3 is 2.44 bits per heavy atom. The van der Waals surface area contributed by atoms with Crippen LogP contribution in [0.15, 0.2) is 41.3 Å². The van der Waals surface area contributed by atoms with Crippen LogP contribution in [0.4, 0.5) is 5.69 Å². The number of methoxy groups -OCH3 is 1. The molecule has 0 saturated carbocycles. The highest BCUT2D eigenvalue weighted by Crippen LogP contribution is 2.26. The second kappa shape index (κ2) is 7.70. The topological polar surface area (TPSA) is 75.7 Å². The molecule has 0 radical (unpaired) electrons. The predicted octanol–water partition coefficient (Wildman–Crippen LogP) is 2.92. The van der Waals surface area contributed by atoms with Crippen molar-refractivity contribution in [1.29, 1.82) is 0 Å². The highest BCUT2D eigenvalue weighted by Gasteiger charge is 2.23. The number of rotatable bonds is 6. The molecule has 0 atom stereocenters. The summed E-state index contributed by atoms with van der Waals surface area (Å²) >= 11 is 0. The van der Waals surface area contributed by atoms with Crippen LogP contribution in [0.1, 0.15) is 29.5 Å². The fraction of sp³-hybridized carbons (Fsp3) is 0.350. The van der Waals surface area contributed by atoms with Crippen LogP contribution in [0.2, 0.25) is 0 Å². The Morgan fingerprint density at radius 1 is 1.15 bits per heavy atom. The molecule has 144 valence electrons. The number of hydrogen-bond acceptors (Lipinski definition) is 4. The van der Waals surface area contributed by atoms with Crippen LogP contribution in [0.3, 0.4) is 0 Å². The summed E-state index contributed by atoms with van der Waals surface area (Å²) in [5.41, 5.74) is 2.89. The molecule has 1 amide bonds. The molecule has 1 heterocycles. The summed E-state index contributed by atoms with van der Waals surface area (Å²) in [6.45, 7) is 4.37. The molecule has 0 aliphatic carbocycles. The standard InChI is InChI=1S/C20H24N2O4S/c1-14-10-18(26-3)11-15(2)20(14)27(24,25)21-13-16-6-4-7-17(12-16)22-9-5-8-19(22)23/h4,6-7,10-12,21H,5,8-9,13H2,1-3H3. The van der Waals surface area contributed by atoms with E-state index in [9.17, 15) is 13.2 Å². The van der Waals surface area contributed by atoms with Gasteiger partial charge in [0.2, 0.25) is 15.9 Å². The maximum Gasteiger partial charge on any atom is 0.241 e. The van der Waals surface area contributed by atoms with Gasteiger partial charge in [-0.1, -0.05) is 12.1 Å². The number of ether oxygens (including phenoxy) is 1. The van der Waals surface area contributed by atoms with Gasteiger partial charge in [-0.25, -0.2) is 13.1 Å². The van der Waals surface area contributed by atoms with Crippen molar-refractivity contribution >= 4 is 21.6 Å². The van der Waals surface area contributed by atoms with Gasteiger partial charge in [-0.05, 0) is 61.2 Å². The fourth-order valence-electron chi connectivity index (χ4n) is 3.46. The van der Waals surface area contributed by atoms with E-state index in [1.165, 1.54) is 0 Å². The van der Waals surface area contributed by atoms with Gasteiger partial charge in [-0.15, -0.1) is 0 Å². The number of carbonyl (C=O) groups excluding carboxylic acids is 1. The normalized spacial score (nSPS) is 14.6. The average molecular weight is 388 g/mol. The summed E-state index contributed by atoms with van der Waals surface area (Å²) in [6, 6.07) is 10.8. The van der Waals surface area contributed by atoms with Gasteiger partial charge in [-0.3, -0.25) is 4.79 Å². The second-order valence-corrected chi connectivity index (χ2v) is 8.44. The van der Waals surface area contributed by atoms with Crippen LogP contribution in [0.25, 0.3) is 0 Å². The first-order valence-electron chi connectivity index (χ1n) is 8.86. The lowest BCUT2D eigenvalue weighted by atomic mass is 10.1. The number of aryl methyl sites for hydroxylation is 2. The zero-order valence-corrected chi connectivity index (χ0v) is 16.6. The summed E-state index contributed by atoms with van der Waals surface area (Å²) in [5.74, 6) is 0.740. The lowest BCUT2D eigenvalue weighted by Gasteiger charge is -2.17. The lowest BCUT2D eigenvalue weighted by Crippen LogP contribution is -2.26. The first-order chi connectivity index (χ1) is 12.8. The first kappa shape index (κ1) is 19.4. The van der Waals surface area contributed by atoms with E-state index in [0.29, 0.717) is 29.8 Å². The van der Waals surface area contributed by atoms with Crippen LogP contribution in [0, 0.1) is 13.8 Å². The number of carbonyl (C=O) groups is 1. The van der Waals surface area contributed by atoms with Gasteiger partial charge in [0, 0.05) is 25.2 Å². The Morgan fingerprint density at radius 2 is 1.85 bits per heavy atom. The summed E-state index contributed by atoms with van der Waals surface area (Å²) < 4.78 is 33.5. The SMILES string of the molecule is COc1cc(C)c(S(=O)(=O)NCc2cccc(N3CCCC3=O)c2)c(C)c1. The number of nitrogens with zero attached hydrogens (tertiary/aromatic N) is 1. The summed E-state index contributed by atoms with van der Waals surface area (Å²) in [6.07, 6.45) is 1.42. The zero-order valence-electron chi connectivity index (χ0n) is 15.8. The predicted molar refractivity (Wildman–Crippen MR) is 105 cm³/mol. The van der Waals surface area contributed by atoms with E-state index in [-0.39, 0.29) is 17.3 Å². The molecule has 1 fully saturated rings. The van der Waals surface area contributed by atoms with Crippen molar-refractivity contribution in [3.8, 4) is 5.75 Å². The third kappa shape index (κ3) is 4.14. The van der Waals surface area contributed by atoms with Gasteiger partial charge < -0.3 is 9.64 Å². The zero-order chi connectivity index (χ0) is 19.6. The Labute approximate surface area is 160 Å². The number of sulfonamides is 1. The first-order valence-corrected chi connectivity index (χ1v) is 10.3. The Bertz CT molecular complexity index is 947. The monoisotopic (exact) mass is 388 g/mol. The summed E-state index contributed by atoms with van der Waals surface area (Å²) in [4.78, 5) is 13.9. The van der Waals surface area contributed by atoms with Crippen LogP contribution >= 0.6 is 0 Å². The minimum absolute atomic E-state index is 0.109. The minimum atomic E-state index is -3.67. The minimum Gasteiger partial charge on any atom is -0.497 e. The molecule has 6 nitrogen and oxygen atoms in total. The van der Waals surface area contributed by atoms with E-state index in [0.717, 1.165) is 17.7 Å². The number of nitrogens with one attached hydrogen (secondary N) is 1. The van der Waals surface area contributed by atoms with E-state index < -0.39 is 10.0 Å². The molecular weight excluding hydrogens is 364 g/mol. The Hall–Kier alpha value is -2.38. The number of benzene rings is 2.